The topological polar surface area (TPSA) is 125 Å². The highest BCUT2D eigenvalue weighted by Gasteiger charge is 2.26. The lowest BCUT2D eigenvalue weighted by Gasteiger charge is -2.28. The Balaban J connectivity index is 1.57. The summed E-state index contributed by atoms with van der Waals surface area (Å²) in [5.74, 6) is -1.51. The van der Waals surface area contributed by atoms with E-state index >= 15 is 0 Å². The number of halogens is 2. The van der Waals surface area contributed by atoms with Crippen LogP contribution in [-0.4, -0.2) is 56.5 Å². The van der Waals surface area contributed by atoms with Crippen molar-refractivity contribution in [3.8, 4) is 0 Å². The van der Waals surface area contributed by atoms with Gasteiger partial charge in [-0.05, 0) is 24.6 Å². The molecule has 0 aliphatic carbocycles. The van der Waals surface area contributed by atoms with Gasteiger partial charge in [-0.3, -0.25) is 9.89 Å². The molecule has 1 aliphatic rings. The van der Waals surface area contributed by atoms with E-state index in [1.807, 2.05) is 0 Å². The number of nitrogens with one attached hydrogen (secondary N) is 3. The second kappa shape index (κ2) is 8.05. The van der Waals surface area contributed by atoms with Gasteiger partial charge in [0.1, 0.15) is 29.5 Å². The molecule has 1 fully saturated rings. The van der Waals surface area contributed by atoms with Crippen LogP contribution in [0.1, 0.15) is 22.5 Å². The lowest BCUT2D eigenvalue weighted by atomic mass is 10.1. The molecule has 1 aliphatic heterocycles. The number of anilines is 1. The smallest absolute Gasteiger partial charge is 0.270 e. The second-order valence-corrected chi connectivity index (χ2v) is 6.62. The molecule has 3 heterocycles. The summed E-state index contributed by atoms with van der Waals surface area (Å²) in [5, 5.41) is 22.6. The highest BCUT2D eigenvalue weighted by atomic mass is 19.1. The van der Waals surface area contributed by atoms with E-state index in [-0.39, 0.29) is 30.1 Å². The van der Waals surface area contributed by atoms with Crippen LogP contribution < -0.4 is 10.6 Å². The maximum atomic E-state index is 13.8. The van der Waals surface area contributed by atoms with Crippen molar-refractivity contribution in [3.05, 3.63) is 47.4 Å². The van der Waals surface area contributed by atoms with Crippen LogP contribution in [0.2, 0.25) is 0 Å². The van der Waals surface area contributed by atoms with Gasteiger partial charge in [0.15, 0.2) is 5.65 Å². The minimum Gasteiger partial charge on any atom is -0.391 e. The van der Waals surface area contributed by atoms with Crippen LogP contribution in [0.15, 0.2) is 24.5 Å². The van der Waals surface area contributed by atoms with Gasteiger partial charge in [0.25, 0.3) is 5.91 Å². The van der Waals surface area contributed by atoms with Gasteiger partial charge < -0.3 is 20.5 Å². The molecule has 1 amide bonds. The summed E-state index contributed by atoms with van der Waals surface area (Å²) in [5.41, 5.74) is 0.321. The molecule has 2 aromatic heterocycles. The molecule has 29 heavy (non-hydrogen) atoms. The van der Waals surface area contributed by atoms with Crippen LogP contribution in [-0.2, 0) is 11.3 Å². The Morgan fingerprint density at radius 1 is 1.34 bits per heavy atom. The molecule has 2 atom stereocenters. The van der Waals surface area contributed by atoms with Crippen molar-refractivity contribution in [3.63, 3.8) is 0 Å². The number of hydrogen-bond donors (Lipinski definition) is 4. The van der Waals surface area contributed by atoms with Gasteiger partial charge in [-0.25, -0.2) is 18.7 Å². The standard InChI is InChI=1S/C18H18F2N6O3/c19-10-1-2-11(20)9(5-10)6-21-18(28)15-14-16(22-8-23-17(14)26-25-15)24-12-7-29-4-3-13(12)27/h1-2,5,8,12-13,27H,3-4,6-7H2,(H,21,28)(H2,22,23,24,25,26)/t12-,13-/m1/s1. The zero-order valence-corrected chi connectivity index (χ0v) is 15.2. The van der Waals surface area contributed by atoms with Gasteiger partial charge in [0.2, 0.25) is 0 Å². The summed E-state index contributed by atoms with van der Waals surface area (Å²) in [6.45, 7) is 0.536. The highest BCUT2D eigenvalue weighted by molar-refractivity contribution is 6.07. The maximum absolute atomic E-state index is 13.8. The number of benzene rings is 1. The summed E-state index contributed by atoms with van der Waals surface area (Å²) in [4.78, 5) is 20.8. The molecule has 1 aromatic carbocycles. The van der Waals surface area contributed by atoms with Crippen molar-refractivity contribution in [2.75, 3.05) is 18.5 Å². The number of H-pyrrole nitrogens is 1. The van der Waals surface area contributed by atoms with Crippen molar-refractivity contribution in [1.82, 2.24) is 25.5 Å². The van der Waals surface area contributed by atoms with Crippen LogP contribution in [0.25, 0.3) is 11.0 Å². The van der Waals surface area contributed by atoms with Gasteiger partial charge in [0.05, 0.1) is 24.1 Å². The maximum Gasteiger partial charge on any atom is 0.270 e. The van der Waals surface area contributed by atoms with E-state index in [0.29, 0.717) is 24.2 Å². The fourth-order valence-electron chi connectivity index (χ4n) is 3.11. The van der Waals surface area contributed by atoms with E-state index < -0.39 is 29.7 Å². The molecule has 1 saturated heterocycles. The van der Waals surface area contributed by atoms with Crippen molar-refractivity contribution in [1.29, 1.82) is 0 Å². The number of aromatic nitrogens is 4. The number of hydrogen-bond acceptors (Lipinski definition) is 7. The van der Waals surface area contributed by atoms with Gasteiger partial charge >= 0.3 is 0 Å². The number of carbonyl (C=O) groups excluding carboxylic acids is 1. The number of rotatable bonds is 5. The van der Waals surface area contributed by atoms with Crippen LogP contribution in [0, 0.1) is 11.6 Å². The largest absolute Gasteiger partial charge is 0.391 e. The third-order valence-corrected chi connectivity index (χ3v) is 4.67. The van der Waals surface area contributed by atoms with Gasteiger partial charge in [-0.1, -0.05) is 0 Å². The fourth-order valence-corrected chi connectivity index (χ4v) is 3.11. The van der Waals surface area contributed by atoms with Crippen LogP contribution in [0.5, 0.6) is 0 Å². The van der Waals surface area contributed by atoms with Gasteiger partial charge in [-0.15, -0.1) is 0 Å². The number of fused-ring (bicyclic) bond motifs is 1. The van der Waals surface area contributed by atoms with E-state index in [0.717, 1.165) is 18.2 Å². The van der Waals surface area contributed by atoms with Crippen molar-refractivity contribution < 1.29 is 23.4 Å². The molecule has 3 aromatic rings. The average Bonchev–Trinajstić information content (AvgIpc) is 3.15. The van der Waals surface area contributed by atoms with Crippen LogP contribution in [0.3, 0.4) is 0 Å². The van der Waals surface area contributed by atoms with Crippen molar-refractivity contribution in [2.24, 2.45) is 0 Å². The third kappa shape index (κ3) is 4.00. The molecular formula is C18H18F2N6O3. The van der Waals surface area contributed by atoms with Crippen molar-refractivity contribution >= 4 is 22.8 Å². The Hall–Kier alpha value is -3.18. The summed E-state index contributed by atoms with van der Waals surface area (Å²) in [7, 11) is 0. The Kier molecular flexibility index (Phi) is 5.32. The fraction of sp³-hybridized carbons (Fsp3) is 0.333. The minimum absolute atomic E-state index is 0.0132. The van der Waals surface area contributed by atoms with E-state index in [1.54, 1.807) is 0 Å². The summed E-state index contributed by atoms with van der Waals surface area (Å²) in [6.07, 6.45) is 1.13. The summed E-state index contributed by atoms with van der Waals surface area (Å²) >= 11 is 0. The Morgan fingerprint density at radius 3 is 3.03 bits per heavy atom. The molecule has 0 radical (unpaired) electrons. The number of nitrogens with zero attached hydrogens (tertiary/aromatic N) is 3. The molecule has 9 nitrogen and oxygen atoms in total. The van der Waals surface area contributed by atoms with E-state index in [9.17, 15) is 18.7 Å². The number of amides is 1. The van der Waals surface area contributed by atoms with Gasteiger partial charge in [-0.2, -0.15) is 5.10 Å². The Labute approximate surface area is 163 Å². The first-order chi connectivity index (χ1) is 14.0. The average molecular weight is 404 g/mol. The molecule has 0 bridgehead atoms. The Morgan fingerprint density at radius 2 is 2.21 bits per heavy atom. The molecule has 0 unspecified atom stereocenters. The van der Waals surface area contributed by atoms with Crippen LogP contribution in [0.4, 0.5) is 14.6 Å². The zero-order valence-electron chi connectivity index (χ0n) is 15.2. The number of ether oxygens (including phenoxy) is 1. The molecule has 4 rings (SSSR count). The third-order valence-electron chi connectivity index (χ3n) is 4.67. The summed E-state index contributed by atoms with van der Waals surface area (Å²) < 4.78 is 32.5. The molecule has 152 valence electrons. The monoisotopic (exact) mass is 404 g/mol. The molecular weight excluding hydrogens is 386 g/mol. The zero-order chi connectivity index (χ0) is 20.4. The molecule has 0 spiro atoms. The lowest BCUT2D eigenvalue weighted by Crippen LogP contribution is -2.42. The molecule has 4 N–H and O–H groups in total. The highest BCUT2D eigenvalue weighted by Crippen LogP contribution is 2.24. The normalized spacial score (nSPS) is 19.3. The first kappa shape index (κ1) is 19.2. The minimum atomic E-state index is -0.631. The number of aliphatic hydroxyl groups is 1. The second-order valence-electron chi connectivity index (χ2n) is 6.62. The SMILES string of the molecule is O=C(NCc1cc(F)ccc1F)c1[nH]nc2ncnc(N[C@@H]3COCC[C@H]3O)c12. The first-order valence-corrected chi connectivity index (χ1v) is 8.96. The lowest BCUT2D eigenvalue weighted by molar-refractivity contribution is 0.00308. The number of aromatic amines is 1. The number of carbonyl (C=O) groups is 1. The number of aliphatic hydroxyl groups excluding tert-OH is 1. The first-order valence-electron chi connectivity index (χ1n) is 8.96. The van der Waals surface area contributed by atoms with E-state index in [4.69, 9.17) is 4.74 Å². The summed E-state index contributed by atoms with van der Waals surface area (Å²) in [6, 6.07) is 2.60. The molecule has 11 heteroatoms. The predicted octanol–water partition coefficient (Wildman–Crippen LogP) is 1.12. The Bertz CT molecular complexity index is 1040. The van der Waals surface area contributed by atoms with Crippen LogP contribution >= 0.6 is 0 Å². The predicted molar refractivity (Wildman–Crippen MR) is 98.1 cm³/mol. The van der Waals surface area contributed by atoms with E-state index in [1.165, 1.54) is 6.33 Å². The van der Waals surface area contributed by atoms with E-state index in [2.05, 4.69) is 30.8 Å². The van der Waals surface area contributed by atoms with Gasteiger partial charge in [0, 0.05) is 18.7 Å². The molecule has 0 saturated carbocycles. The van der Waals surface area contributed by atoms with Crippen molar-refractivity contribution in [2.45, 2.75) is 25.1 Å². The quantitative estimate of drug-likeness (QED) is 0.502.